The molecule has 2 N–H and O–H groups in total. The van der Waals surface area contributed by atoms with Crippen LogP contribution in [0.3, 0.4) is 0 Å². The molecule has 24 heavy (non-hydrogen) atoms. The lowest BCUT2D eigenvalue weighted by molar-refractivity contribution is -0.116. The molecule has 7 nitrogen and oxygen atoms in total. The summed E-state index contributed by atoms with van der Waals surface area (Å²) in [6, 6.07) is 7.78. The van der Waals surface area contributed by atoms with E-state index in [0.29, 0.717) is 16.1 Å². The SMILES string of the molecule is CN(C)CC(=O)Nc1ccccc1NC(=O)c1ccn(C(F)F)n1. The number of para-hydroxylation sites is 2. The van der Waals surface area contributed by atoms with E-state index in [9.17, 15) is 18.4 Å². The fourth-order valence-electron chi connectivity index (χ4n) is 1.93. The number of likely N-dealkylation sites (N-methyl/N-ethyl adjacent to an activating group) is 1. The molecule has 0 saturated carbocycles. The number of nitrogens with one attached hydrogen (secondary N) is 2. The molecule has 2 aromatic rings. The molecule has 1 heterocycles. The average Bonchev–Trinajstić information content (AvgIpc) is 2.98. The minimum absolute atomic E-state index is 0.148. The van der Waals surface area contributed by atoms with Gasteiger partial charge in [0.05, 0.1) is 17.9 Å². The zero-order valence-corrected chi connectivity index (χ0v) is 13.2. The Morgan fingerprint density at radius 3 is 2.33 bits per heavy atom. The van der Waals surface area contributed by atoms with Crippen molar-refractivity contribution in [1.29, 1.82) is 0 Å². The molecule has 1 aromatic carbocycles. The van der Waals surface area contributed by atoms with Crippen LogP contribution in [0.1, 0.15) is 17.0 Å². The Kier molecular flexibility index (Phi) is 5.59. The van der Waals surface area contributed by atoms with Gasteiger partial charge in [0.1, 0.15) is 0 Å². The summed E-state index contributed by atoms with van der Waals surface area (Å²) in [7, 11) is 3.51. The maximum Gasteiger partial charge on any atom is 0.333 e. The van der Waals surface area contributed by atoms with Crippen molar-refractivity contribution in [3.8, 4) is 0 Å². The molecule has 0 atom stereocenters. The maximum atomic E-state index is 12.5. The van der Waals surface area contributed by atoms with Gasteiger partial charge in [-0.25, -0.2) is 4.68 Å². The summed E-state index contributed by atoms with van der Waals surface area (Å²) in [5.74, 6) is -0.896. The Bertz CT molecular complexity index is 730. The van der Waals surface area contributed by atoms with E-state index in [2.05, 4.69) is 15.7 Å². The van der Waals surface area contributed by atoms with Crippen LogP contribution in [0.25, 0.3) is 0 Å². The Morgan fingerprint density at radius 1 is 1.17 bits per heavy atom. The van der Waals surface area contributed by atoms with Gasteiger partial charge in [0.2, 0.25) is 5.91 Å². The van der Waals surface area contributed by atoms with Crippen LogP contribution in [0.2, 0.25) is 0 Å². The van der Waals surface area contributed by atoms with Crippen LogP contribution in [-0.2, 0) is 4.79 Å². The molecule has 0 fully saturated rings. The molecule has 0 radical (unpaired) electrons. The van der Waals surface area contributed by atoms with Crippen LogP contribution < -0.4 is 10.6 Å². The van der Waals surface area contributed by atoms with Gasteiger partial charge in [-0.3, -0.25) is 9.59 Å². The molecule has 0 saturated heterocycles. The topological polar surface area (TPSA) is 79.3 Å². The molecule has 0 spiro atoms. The maximum absolute atomic E-state index is 12.5. The van der Waals surface area contributed by atoms with Crippen LogP contribution in [-0.4, -0.2) is 47.1 Å². The van der Waals surface area contributed by atoms with Gasteiger partial charge in [0, 0.05) is 6.20 Å². The number of anilines is 2. The van der Waals surface area contributed by atoms with Gasteiger partial charge < -0.3 is 15.5 Å². The second kappa shape index (κ2) is 7.64. The van der Waals surface area contributed by atoms with Crippen LogP contribution in [0.5, 0.6) is 0 Å². The van der Waals surface area contributed by atoms with E-state index in [-0.39, 0.29) is 18.1 Å². The Morgan fingerprint density at radius 2 is 1.79 bits per heavy atom. The van der Waals surface area contributed by atoms with Crippen molar-refractivity contribution in [2.45, 2.75) is 6.55 Å². The molecule has 2 amide bonds. The van der Waals surface area contributed by atoms with Crippen molar-refractivity contribution in [1.82, 2.24) is 14.7 Å². The lowest BCUT2D eigenvalue weighted by Gasteiger charge is -2.13. The Balaban J connectivity index is 2.11. The first kappa shape index (κ1) is 17.5. The third-order valence-corrected chi connectivity index (χ3v) is 2.95. The molecular formula is C15H17F2N5O2. The summed E-state index contributed by atoms with van der Waals surface area (Å²) >= 11 is 0. The summed E-state index contributed by atoms with van der Waals surface area (Å²) < 4.78 is 25.4. The van der Waals surface area contributed by atoms with Crippen LogP contribution in [0, 0.1) is 0 Å². The highest BCUT2D eigenvalue weighted by molar-refractivity contribution is 6.06. The number of amides is 2. The third kappa shape index (κ3) is 4.59. The number of alkyl halides is 2. The first-order valence-corrected chi connectivity index (χ1v) is 7.05. The van der Waals surface area contributed by atoms with E-state index < -0.39 is 12.5 Å². The van der Waals surface area contributed by atoms with E-state index in [1.807, 2.05) is 0 Å². The first-order chi connectivity index (χ1) is 11.4. The lowest BCUT2D eigenvalue weighted by Crippen LogP contribution is -2.27. The molecule has 2 rings (SSSR count). The standard InChI is InChI=1S/C15H17F2N5O2/c1-21(2)9-13(23)18-10-5-3-4-6-11(10)19-14(24)12-7-8-22(20-12)15(16)17/h3-8,15H,9H2,1-2H3,(H,18,23)(H,19,24). The highest BCUT2D eigenvalue weighted by Gasteiger charge is 2.15. The number of rotatable bonds is 6. The quantitative estimate of drug-likeness (QED) is 0.845. The van der Waals surface area contributed by atoms with Crippen molar-refractivity contribution >= 4 is 23.2 Å². The number of carbonyl (C=O) groups excluding carboxylic acids is 2. The van der Waals surface area contributed by atoms with Gasteiger partial charge in [-0.15, -0.1) is 0 Å². The Labute approximate surface area is 137 Å². The Hall–Kier alpha value is -2.81. The van der Waals surface area contributed by atoms with Crippen LogP contribution >= 0.6 is 0 Å². The molecule has 0 unspecified atom stereocenters. The van der Waals surface area contributed by atoms with Gasteiger partial charge in [-0.1, -0.05) is 12.1 Å². The van der Waals surface area contributed by atoms with Gasteiger partial charge in [-0.05, 0) is 32.3 Å². The molecule has 0 bridgehead atoms. The second-order valence-electron chi connectivity index (χ2n) is 5.24. The molecule has 128 valence electrons. The van der Waals surface area contributed by atoms with E-state index in [1.165, 1.54) is 6.07 Å². The largest absolute Gasteiger partial charge is 0.333 e. The highest BCUT2D eigenvalue weighted by atomic mass is 19.3. The third-order valence-electron chi connectivity index (χ3n) is 2.95. The van der Waals surface area contributed by atoms with Gasteiger partial charge in [0.15, 0.2) is 5.69 Å². The smallest absolute Gasteiger partial charge is 0.323 e. The number of aromatic nitrogens is 2. The average molecular weight is 337 g/mol. The number of carbonyl (C=O) groups is 2. The van der Waals surface area contributed by atoms with E-state index in [0.717, 1.165) is 6.20 Å². The van der Waals surface area contributed by atoms with Crippen molar-refractivity contribution in [3.05, 3.63) is 42.2 Å². The second-order valence-corrected chi connectivity index (χ2v) is 5.24. The molecule has 9 heteroatoms. The van der Waals surface area contributed by atoms with Crippen LogP contribution in [0.15, 0.2) is 36.5 Å². The monoisotopic (exact) mass is 337 g/mol. The number of nitrogens with zero attached hydrogens (tertiary/aromatic N) is 3. The van der Waals surface area contributed by atoms with Crippen LogP contribution in [0.4, 0.5) is 20.2 Å². The summed E-state index contributed by atoms with van der Waals surface area (Å²) in [4.78, 5) is 25.7. The number of hydrogen-bond acceptors (Lipinski definition) is 4. The normalized spacial score (nSPS) is 10.9. The summed E-state index contributed by atoms with van der Waals surface area (Å²) in [5, 5.41) is 8.73. The van der Waals surface area contributed by atoms with Crippen molar-refractivity contribution < 1.29 is 18.4 Å². The molecule has 0 aliphatic rings. The lowest BCUT2D eigenvalue weighted by atomic mass is 10.2. The molecule has 0 aliphatic heterocycles. The predicted molar refractivity (Wildman–Crippen MR) is 85.1 cm³/mol. The number of hydrogen-bond donors (Lipinski definition) is 2. The minimum Gasteiger partial charge on any atom is -0.323 e. The molecular weight excluding hydrogens is 320 g/mol. The fraction of sp³-hybridized carbons (Fsp3) is 0.267. The molecule has 1 aromatic heterocycles. The van der Waals surface area contributed by atoms with Gasteiger partial charge in [0.25, 0.3) is 5.91 Å². The minimum atomic E-state index is -2.82. The van der Waals surface area contributed by atoms with E-state index >= 15 is 0 Å². The van der Waals surface area contributed by atoms with Gasteiger partial charge in [-0.2, -0.15) is 13.9 Å². The summed E-state index contributed by atoms with van der Waals surface area (Å²) in [5.41, 5.74) is 0.608. The fourth-order valence-corrected chi connectivity index (χ4v) is 1.93. The van der Waals surface area contributed by atoms with E-state index in [4.69, 9.17) is 0 Å². The predicted octanol–water partition coefficient (Wildman–Crippen LogP) is 2.03. The zero-order chi connectivity index (χ0) is 17.7. The summed E-state index contributed by atoms with van der Waals surface area (Å²) in [6.45, 7) is -2.63. The van der Waals surface area contributed by atoms with Crippen molar-refractivity contribution in [3.63, 3.8) is 0 Å². The zero-order valence-electron chi connectivity index (χ0n) is 13.2. The van der Waals surface area contributed by atoms with E-state index in [1.54, 1.807) is 43.3 Å². The number of benzene rings is 1. The molecule has 0 aliphatic carbocycles. The van der Waals surface area contributed by atoms with Crippen molar-refractivity contribution in [2.75, 3.05) is 31.3 Å². The number of halogens is 2. The first-order valence-electron chi connectivity index (χ1n) is 7.05. The highest BCUT2D eigenvalue weighted by Crippen LogP contribution is 2.21. The van der Waals surface area contributed by atoms with Crippen molar-refractivity contribution in [2.24, 2.45) is 0 Å². The summed E-state index contributed by atoms with van der Waals surface area (Å²) in [6.07, 6.45) is 1.02. The van der Waals surface area contributed by atoms with Gasteiger partial charge >= 0.3 is 6.55 Å².